The minimum absolute atomic E-state index is 0.117. The molecule has 2 rings (SSSR count). The van der Waals surface area contributed by atoms with Gasteiger partial charge in [0.05, 0.1) is 6.54 Å². The summed E-state index contributed by atoms with van der Waals surface area (Å²) in [5.74, 6) is 0.934. The third-order valence-corrected chi connectivity index (χ3v) is 3.69. The van der Waals surface area contributed by atoms with E-state index in [1.165, 1.54) is 0 Å². The molecule has 108 valence electrons. The highest BCUT2D eigenvalue weighted by Crippen LogP contribution is 2.26. The maximum atomic E-state index is 6.21. The second kappa shape index (κ2) is 7.07. The van der Waals surface area contributed by atoms with E-state index in [-0.39, 0.29) is 6.04 Å². The minimum Gasteiger partial charge on any atom is -0.303 e. The molecule has 6 heteroatoms. The van der Waals surface area contributed by atoms with Crippen LogP contribution in [0.1, 0.15) is 37.7 Å². The molecule has 0 saturated heterocycles. The number of hydrogen-bond acceptors (Lipinski definition) is 3. The number of aromatic nitrogens is 3. The molecular weight excluding hydrogens is 295 g/mol. The smallest absolute Gasteiger partial charge is 0.140 e. The first-order valence-corrected chi connectivity index (χ1v) is 7.42. The highest BCUT2D eigenvalue weighted by Gasteiger charge is 2.11. The molecule has 1 heterocycles. The molecule has 1 N–H and O–H groups in total. The summed E-state index contributed by atoms with van der Waals surface area (Å²) >= 11 is 12.1. The summed E-state index contributed by atoms with van der Waals surface area (Å²) in [5, 5.41) is 8.94. The van der Waals surface area contributed by atoms with Crippen LogP contribution >= 0.6 is 23.2 Å². The van der Waals surface area contributed by atoms with Crippen molar-refractivity contribution in [3.05, 3.63) is 46.0 Å². The third kappa shape index (κ3) is 3.72. The van der Waals surface area contributed by atoms with Crippen LogP contribution in [0.25, 0.3) is 0 Å². The molecule has 1 atom stereocenters. The van der Waals surface area contributed by atoms with Crippen LogP contribution in [0.4, 0.5) is 0 Å². The summed E-state index contributed by atoms with van der Waals surface area (Å²) < 4.78 is 1.92. The Morgan fingerprint density at radius 3 is 2.85 bits per heavy atom. The Balaban J connectivity index is 2.01. The van der Waals surface area contributed by atoms with Crippen molar-refractivity contribution >= 4 is 23.2 Å². The van der Waals surface area contributed by atoms with Gasteiger partial charge in [0, 0.05) is 22.6 Å². The zero-order valence-electron chi connectivity index (χ0n) is 11.6. The van der Waals surface area contributed by atoms with Crippen LogP contribution in [0.2, 0.25) is 10.0 Å². The summed E-state index contributed by atoms with van der Waals surface area (Å²) in [6.45, 7) is 5.72. The number of halogens is 2. The number of nitrogens with one attached hydrogen (secondary N) is 1. The van der Waals surface area contributed by atoms with Crippen LogP contribution < -0.4 is 5.32 Å². The Bertz CT molecular complexity index is 568. The lowest BCUT2D eigenvalue weighted by molar-refractivity contribution is 0.509. The average molecular weight is 313 g/mol. The molecule has 1 aromatic carbocycles. The topological polar surface area (TPSA) is 42.7 Å². The van der Waals surface area contributed by atoms with Crippen LogP contribution in [0, 0.1) is 0 Å². The van der Waals surface area contributed by atoms with Gasteiger partial charge in [0.15, 0.2) is 0 Å². The summed E-state index contributed by atoms with van der Waals surface area (Å²) in [6, 6.07) is 5.67. The summed E-state index contributed by atoms with van der Waals surface area (Å²) in [5.41, 5.74) is 1.03. The summed E-state index contributed by atoms with van der Waals surface area (Å²) in [6.07, 6.45) is 2.63. The number of hydrogen-bond donors (Lipinski definition) is 1. The maximum Gasteiger partial charge on any atom is 0.140 e. The lowest BCUT2D eigenvalue weighted by atomic mass is 10.1. The molecule has 20 heavy (non-hydrogen) atoms. The lowest BCUT2D eigenvalue weighted by Gasteiger charge is -2.16. The van der Waals surface area contributed by atoms with Gasteiger partial charge < -0.3 is 5.32 Å². The quantitative estimate of drug-likeness (QED) is 0.881. The van der Waals surface area contributed by atoms with Gasteiger partial charge in [-0.3, -0.25) is 0 Å². The molecule has 0 aliphatic rings. The number of aryl methyl sites for hydroxylation is 1. The van der Waals surface area contributed by atoms with Crippen molar-refractivity contribution in [3.8, 4) is 0 Å². The first kappa shape index (κ1) is 15.3. The van der Waals surface area contributed by atoms with Crippen molar-refractivity contribution < 1.29 is 0 Å². The van der Waals surface area contributed by atoms with Crippen molar-refractivity contribution in [2.24, 2.45) is 0 Å². The monoisotopic (exact) mass is 312 g/mol. The lowest BCUT2D eigenvalue weighted by Crippen LogP contribution is -2.21. The highest BCUT2D eigenvalue weighted by atomic mass is 35.5. The molecule has 0 aliphatic carbocycles. The molecule has 0 saturated carbocycles. The fourth-order valence-electron chi connectivity index (χ4n) is 2.03. The van der Waals surface area contributed by atoms with Gasteiger partial charge in [-0.05, 0) is 31.0 Å². The van der Waals surface area contributed by atoms with E-state index in [4.69, 9.17) is 23.2 Å². The Hall–Kier alpha value is -1.10. The molecule has 0 aliphatic heterocycles. The van der Waals surface area contributed by atoms with Crippen molar-refractivity contribution in [3.63, 3.8) is 0 Å². The number of nitrogens with zero attached hydrogens (tertiary/aromatic N) is 3. The average Bonchev–Trinajstić information content (AvgIpc) is 2.84. The first-order chi connectivity index (χ1) is 9.61. The van der Waals surface area contributed by atoms with Gasteiger partial charge in [-0.2, -0.15) is 5.10 Å². The Kier molecular flexibility index (Phi) is 5.40. The molecule has 2 aromatic rings. The van der Waals surface area contributed by atoms with Crippen LogP contribution in [-0.2, 0) is 13.1 Å². The van der Waals surface area contributed by atoms with Gasteiger partial charge in [-0.25, -0.2) is 9.67 Å². The molecule has 1 unspecified atom stereocenters. The Labute approximate surface area is 129 Å². The van der Waals surface area contributed by atoms with E-state index in [1.54, 1.807) is 12.4 Å². The molecule has 0 spiro atoms. The standard InChI is InChI=1S/C14H18Cl2N4/c1-3-6-20-14(18-9-19-20)8-17-10(2)12-5-4-11(15)7-13(12)16/h4-5,7,9-10,17H,3,6,8H2,1-2H3. The SMILES string of the molecule is CCCn1ncnc1CNC(C)c1ccc(Cl)cc1Cl. The van der Waals surface area contributed by atoms with E-state index < -0.39 is 0 Å². The molecule has 0 fully saturated rings. The van der Waals surface area contributed by atoms with Crippen molar-refractivity contribution in [2.75, 3.05) is 0 Å². The first-order valence-electron chi connectivity index (χ1n) is 6.66. The second-order valence-corrected chi connectivity index (χ2v) is 5.51. The molecule has 1 aromatic heterocycles. The van der Waals surface area contributed by atoms with Crippen molar-refractivity contribution in [2.45, 2.75) is 39.4 Å². The van der Waals surface area contributed by atoms with E-state index in [2.05, 4.69) is 29.2 Å². The third-order valence-electron chi connectivity index (χ3n) is 3.13. The predicted octanol–water partition coefficient (Wildman–Crippen LogP) is 3.85. The van der Waals surface area contributed by atoms with Gasteiger partial charge in [-0.15, -0.1) is 0 Å². The van der Waals surface area contributed by atoms with Gasteiger partial charge in [0.2, 0.25) is 0 Å². The fraction of sp³-hybridized carbons (Fsp3) is 0.429. The van der Waals surface area contributed by atoms with Gasteiger partial charge in [-0.1, -0.05) is 36.2 Å². The second-order valence-electron chi connectivity index (χ2n) is 4.67. The van der Waals surface area contributed by atoms with E-state index >= 15 is 0 Å². The van der Waals surface area contributed by atoms with E-state index in [1.807, 2.05) is 16.8 Å². The zero-order chi connectivity index (χ0) is 14.5. The maximum absolute atomic E-state index is 6.21. The zero-order valence-corrected chi connectivity index (χ0v) is 13.1. The van der Waals surface area contributed by atoms with E-state index in [0.717, 1.165) is 24.4 Å². The summed E-state index contributed by atoms with van der Waals surface area (Å²) in [4.78, 5) is 4.27. The van der Waals surface area contributed by atoms with Crippen LogP contribution in [-0.4, -0.2) is 14.8 Å². The van der Waals surface area contributed by atoms with Crippen LogP contribution in [0.5, 0.6) is 0 Å². The predicted molar refractivity (Wildman–Crippen MR) is 82.0 cm³/mol. The van der Waals surface area contributed by atoms with Gasteiger partial charge in [0.25, 0.3) is 0 Å². The van der Waals surface area contributed by atoms with E-state index in [0.29, 0.717) is 16.6 Å². The van der Waals surface area contributed by atoms with Gasteiger partial charge >= 0.3 is 0 Å². The fourth-order valence-corrected chi connectivity index (χ4v) is 2.60. The van der Waals surface area contributed by atoms with Crippen LogP contribution in [0.15, 0.2) is 24.5 Å². The van der Waals surface area contributed by atoms with E-state index in [9.17, 15) is 0 Å². The largest absolute Gasteiger partial charge is 0.303 e. The van der Waals surface area contributed by atoms with Crippen molar-refractivity contribution in [1.82, 2.24) is 20.1 Å². The van der Waals surface area contributed by atoms with Crippen molar-refractivity contribution in [1.29, 1.82) is 0 Å². The molecule has 0 bridgehead atoms. The highest BCUT2D eigenvalue weighted by molar-refractivity contribution is 6.35. The molecule has 0 amide bonds. The minimum atomic E-state index is 0.117. The molecule has 0 radical (unpaired) electrons. The Morgan fingerprint density at radius 2 is 2.15 bits per heavy atom. The number of rotatable bonds is 6. The normalized spacial score (nSPS) is 12.6. The summed E-state index contributed by atoms with van der Waals surface area (Å²) in [7, 11) is 0. The molecule has 4 nitrogen and oxygen atoms in total. The molecular formula is C14H18Cl2N4. The Morgan fingerprint density at radius 1 is 1.35 bits per heavy atom. The number of benzene rings is 1. The van der Waals surface area contributed by atoms with Gasteiger partial charge in [0.1, 0.15) is 12.2 Å². The van der Waals surface area contributed by atoms with Crippen LogP contribution in [0.3, 0.4) is 0 Å².